The first-order valence-electron chi connectivity index (χ1n) is 7.33. The molecule has 0 aromatic heterocycles. The number of nitrogens with one attached hydrogen (secondary N) is 1. The molecule has 0 radical (unpaired) electrons. The molecule has 1 amide bonds. The zero-order valence-electron chi connectivity index (χ0n) is 12.3. The van der Waals surface area contributed by atoms with Crippen molar-refractivity contribution in [1.29, 1.82) is 0 Å². The zero-order chi connectivity index (χ0) is 15.2. The van der Waals surface area contributed by atoms with Crippen molar-refractivity contribution in [3.63, 3.8) is 0 Å². The van der Waals surface area contributed by atoms with Crippen LogP contribution < -0.4 is 5.32 Å². The van der Waals surface area contributed by atoms with E-state index < -0.39 is 5.97 Å². The lowest BCUT2D eigenvalue weighted by Gasteiger charge is -2.24. The van der Waals surface area contributed by atoms with E-state index in [9.17, 15) is 9.59 Å². The third kappa shape index (κ3) is 4.56. The van der Waals surface area contributed by atoms with Gasteiger partial charge in [-0.15, -0.1) is 0 Å². The Bertz CT molecular complexity index is 516. The molecule has 1 unspecified atom stereocenters. The van der Waals surface area contributed by atoms with E-state index in [1.165, 1.54) is 11.1 Å². The molecule has 2 N–H and O–H groups in total. The van der Waals surface area contributed by atoms with Crippen LogP contribution in [0.25, 0.3) is 0 Å². The Balaban J connectivity index is 1.90. The van der Waals surface area contributed by atoms with Gasteiger partial charge in [0.25, 0.3) is 0 Å². The van der Waals surface area contributed by atoms with Crippen LogP contribution >= 0.6 is 0 Å². The summed E-state index contributed by atoms with van der Waals surface area (Å²) in [4.78, 5) is 24.4. The smallest absolute Gasteiger partial charge is 0.322 e. The van der Waals surface area contributed by atoms with E-state index in [1.54, 1.807) is 0 Å². The van der Waals surface area contributed by atoms with Crippen molar-refractivity contribution >= 4 is 11.9 Å². The maximum absolute atomic E-state index is 11.8. The lowest BCUT2D eigenvalue weighted by atomic mass is 10.00. The first-order valence-corrected chi connectivity index (χ1v) is 7.33. The zero-order valence-corrected chi connectivity index (χ0v) is 12.3. The Hall–Kier alpha value is -1.88. The van der Waals surface area contributed by atoms with E-state index in [2.05, 4.69) is 29.3 Å². The van der Waals surface area contributed by atoms with Crippen LogP contribution in [0.1, 0.15) is 24.0 Å². The fourth-order valence-electron chi connectivity index (χ4n) is 2.84. The van der Waals surface area contributed by atoms with Crippen molar-refractivity contribution in [3.05, 3.63) is 35.4 Å². The number of aliphatic carboxylic acids is 1. The van der Waals surface area contributed by atoms with Crippen molar-refractivity contribution in [2.45, 2.75) is 32.2 Å². The molecule has 1 aliphatic heterocycles. The molecule has 5 heteroatoms. The first kappa shape index (κ1) is 15.5. The number of nitrogens with zero attached hydrogens (tertiary/aromatic N) is 1. The van der Waals surface area contributed by atoms with Crippen LogP contribution in [0.15, 0.2) is 24.3 Å². The van der Waals surface area contributed by atoms with Gasteiger partial charge in [0.1, 0.15) is 6.54 Å². The minimum atomic E-state index is -1.01. The molecule has 1 aromatic rings. The van der Waals surface area contributed by atoms with Gasteiger partial charge in [0, 0.05) is 6.04 Å². The fourth-order valence-corrected chi connectivity index (χ4v) is 2.84. The van der Waals surface area contributed by atoms with Gasteiger partial charge in [0.05, 0.1) is 6.54 Å². The topological polar surface area (TPSA) is 69.6 Å². The Morgan fingerprint density at radius 1 is 1.38 bits per heavy atom. The maximum atomic E-state index is 11.8. The standard InChI is InChI=1S/C16H22N2O3/c1-12-5-2-3-6-13(12)9-14-7-4-8-18(14)11-15(19)17-10-16(20)21/h2-3,5-6,14H,4,7-11H2,1H3,(H,17,19)(H,20,21). The van der Waals surface area contributed by atoms with Gasteiger partial charge >= 0.3 is 5.97 Å². The molecular formula is C16H22N2O3. The molecule has 0 aliphatic carbocycles. The molecule has 1 aromatic carbocycles. The van der Waals surface area contributed by atoms with Crippen molar-refractivity contribution in [2.24, 2.45) is 0 Å². The molecule has 1 heterocycles. The summed E-state index contributed by atoms with van der Waals surface area (Å²) < 4.78 is 0. The molecule has 0 saturated carbocycles. The highest BCUT2D eigenvalue weighted by molar-refractivity contribution is 5.82. The number of carboxylic acids is 1. The minimum absolute atomic E-state index is 0.214. The number of carbonyl (C=O) groups is 2. The van der Waals surface area contributed by atoms with Crippen molar-refractivity contribution in [1.82, 2.24) is 10.2 Å². The van der Waals surface area contributed by atoms with Gasteiger partial charge in [-0.25, -0.2) is 0 Å². The number of benzene rings is 1. The number of carboxylic acid groups (broad SMARTS) is 1. The first-order chi connectivity index (χ1) is 10.1. The second-order valence-corrected chi connectivity index (χ2v) is 5.57. The summed E-state index contributed by atoms with van der Waals surface area (Å²) >= 11 is 0. The normalized spacial score (nSPS) is 18.6. The Morgan fingerprint density at radius 2 is 2.14 bits per heavy atom. The van der Waals surface area contributed by atoms with Crippen LogP contribution in [0.4, 0.5) is 0 Å². The second-order valence-electron chi connectivity index (χ2n) is 5.57. The monoisotopic (exact) mass is 290 g/mol. The quantitative estimate of drug-likeness (QED) is 0.826. The van der Waals surface area contributed by atoms with E-state index in [0.717, 1.165) is 25.8 Å². The van der Waals surface area contributed by atoms with Crippen LogP contribution in [0.2, 0.25) is 0 Å². The summed E-state index contributed by atoms with van der Waals surface area (Å²) in [5.41, 5.74) is 2.60. The second kappa shape index (κ2) is 7.22. The van der Waals surface area contributed by atoms with Gasteiger partial charge in [-0.2, -0.15) is 0 Å². The van der Waals surface area contributed by atoms with Crippen molar-refractivity contribution in [3.8, 4) is 0 Å². The molecule has 1 aliphatic rings. The van der Waals surface area contributed by atoms with E-state index in [4.69, 9.17) is 5.11 Å². The summed E-state index contributed by atoms with van der Waals surface area (Å²) in [6.45, 7) is 2.98. The number of rotatable bonds is 6. The Labute approximate surface area is 125 Å². The summed E-state index contributed by atoms with van der Waals surface area (Å²) in [5.74, 6) is -1.23. The van der Waals surface area contributed by atoms with Gasteiger partial charge in [-0.1, -0.05) is 24.3 Å². The van der Waals surface area contributed by atoms with E-state index in [1.807, 2.05) is 12.1 Å². The lowest BCUT2D eigenvalue weighted by molar-refractivity contribution is -0.138. The van der Waals surface area contributed by atoms with Gasteiger partial charge in [-0.05, 0) is 43.9 Å². The minimum Gasteiger partial charge on any atom is -0.480 e. The van der Waals surface area contributed by atoms with Crippen LogP contribution in [0.3, 0.4) is 0 Å². The van der Waals surface area contributed by atoms with Crippen molar-refractivity contribution in [2.75, 3.05) is 19.6 Å². The Kier molecular flexibility index (Phi) is 5.33. The number of amides is 1. The predicted octanol–water partition coefficient (Wildman–Crippen LogP) is 1.20. The number of hydrogen-bond acceptors (Lipinski definition) is 3. The van der Waals surface area contributed by atoms with Crippen LogP contribution in [0, 0.1) is 6.92 Å². The molecule has 1 atom stereocenters. The maximum Gasteiger partial charge on any atom is 0.322 e. The third-order valence-corrected chi connectivity index (χ3v) is 4.00. The van der Waals surface area contributed by atoms with E-state index >= 15 is 0 Å². The highest BCUT2D eigenvalue weighted by Gasteiger charge is 2.26. The average molecular weight is 290 g/mol. The SMILES string of the molecule is Cc1ccccc1CC1CCCN1CC(=O)NCC(=O)O. The predicted molar refractivity (Wildman–Crippen MR) is 80.1 cm³/mol. The summed E-state index contributed by atoms with van der Waals surface area (Å²) in [6.07, 6.45) is 3.11. The van der Waals surface area contributed by atoms with Crippen LogP contribution in [-0.4, -0.2) is 47.6 Å². The number of likely N-dealkylation sites (tertiary alicyclic amines) is 1. The summed E-state index contributed by atoms with van der Waals surface area (Å²) in [6, 6.07) is 8.68. The van der Waals surface area contributed by atoms with Crippen molar-refractivity contribution < 1.29 is 14.7 Å². The van der Waals surface area contributed by atoms with Crippen LogP contribution in [-0.2, 0) is 16.0 Å². The molecule has 0 bridgehead atoms. The molecule has 114 valence electrons. The molecule has 0 spiro atoms. The largest absolute Gasteiger partial charge is 0.480 e. The van der Waals surface area contributed by atoms with Gasteiger partial charge in [-0.3, -0.25) is 14.5 Å². The molecular weight excluding hydrogens is 268 g/mol. The number of hydrogen-bond donors (Lipinski definition) is 2. The summed E-state index contributed by atoms with van der Waals surface area (Å²) in [5, 5.41) is 11.0. The molecule has 2 rings (SSSR count). The van der Waals surface area contributed by atoms with Crippen LogP contribution in [0.5, 0.6) is 0 Å². The Morgan fingerprint density at radius 3 is 2.86 bits per heavy atom. The van der Waals surface area contributed by atoms with E-state index in [-0.39, 0.29) is 19.0 Å². The average Bonchev–Trinajstić information content (AvgIpc) is 2.86. The third-order valence-electron chi connectivity index (χ3n) is 4.00. The highest BCUT2D eigenvalue weighted by Crippen LogP contribution is 2.22. The highest BCUT2D eigenvalue weighted by atomic mass is 16.4. The molecule has 1 saturated heterocycles. The van der Waals surface area contributed by atoms with E-state index in [0.29, 0.717) is 6.04 Å². The lowest BCUT2D eigenvalue weighted by Crippen LogP contribution is -2.42. The number of aryl methyl sites for hydroxylation is 1. The fraction of sp³-hybridized carbons (Fsp3) is 0.500. The van der Waals surface area contributed by atoms with Gasteiger partial charge in [0.15, 0.2) is 0 Å². The molecule has 1 fully saturated rings. The summed E-state index contributed by atoms with van der Waals surface area (Å²) in [7, 11) is 0. The molecule has 5 nitrogen and oxygen atoms in total. The number of carbonyl (C=O) groups excluding carboxylic acids is 1. The van der Waals surface area contributed by atoms with Gasteiger partial charge in [0.2, 0.25) is 5.91 Å². The molecule has 21 heavy (non-hydrogen) atoms. The van der Waals surface area contributed by atoms with Gasteiger partial charge < -0.3 is 10.4 Å².